The van der Waals surface area contributed by atoms with Gasteiger partial charge in [0.15, 0.2) is 5.16 Å². The third kappa shape index (κ3) is 4.57. The van der Waals surface area contributed by atoms with E-state index in [0.29, 0.717) is 17.5 Å². The summed E-state index contributed by atoms with van der Waals surface area (Å²) < 4.78 is 5.72. The zero-order valence-electron chi connectivity index (χ0n) is 15.8. The summed E-state index contributed by atoms with van der Waals surface area (Å²) >= 11 is 1.40. The smallest absolute Gasteiger partial charge is 0.339 e. The molecular weight excluding hydrogens is 360 g/mol. The van der Waals surface area contributed by atoms with E-state index >= 15 is 0 Å². The van der Waals surface area contributed by atoms with Crippen LogP contribution in [-0.2, 0) is 11.2 Å². The van der Waals surface area contributed by atoms with E-state index < -0.39 is 5.97 Å². The lowest BCUT2D eigenvalue weighted by atomic mass is 9.81. The van der Waals surface area contributed by atoms with E-state index in [-0.39, 0.29) is 17.6 Å². The molecule has 27 heavy (non-hydrogen) atoms. The van der Waals surface area contributed by atoms with Crippen molar-refractivity contribution >= 4 is 23.3 Å². The van der Waals surface area contributed by atoms with Gasteiger partial charge < -0.3 is 9.84 Å². The fourth-order valence-corrected chi connectivity index (χ4v) is 3.64. The van der Waals surface area contributed by atoms with E-state index in [0.717, 1.165) is 24.0 Å². The normalized spacial score (nSPS) is 16.1. The van der Waals surface area contributed by atoms with Crippen LogP contribution in [0.2, 0.25) is 0 Å². The Morgan fingerprint density at radius 2 is 2.15 bits per heavy atom. The van der Waals surface area contributed by atoms with E-state index in [2.05, 4.69) is 22.1 Å². The average Bonchev–Trinajstić information content (AvgIpc) is 2.66. The van der Waals surface area contributed by atoms with Crippen LogP contribution in [0.5, 0.6) is 0 Å². The molecule has 0 amide bonds. The Balaban J connectivity index is 2.04. The number of benzene rings is 1. The third-order valence-corrected chi connectivity index (χ3v) is 5.13. The molecule has 1 heterocycles. The van der Waals surface area contributed by atoms with Crippen molar-refractivity contribution in [2.75, 3.05) is 12.9 Å². The van der Waals surface area contributed by atoms with Crippen molar-refractivity contribution in [3.63, 3.8) is 0 Å². The van der Waals surface area contributed by atoms with Crippen LogP contribution in [0.1, 0.15) is 47.4 Å². The van der Waals surface area contributed by atoms with Gasteiger partial charge in [0.1, 0.15) is 5.56 Å². The van der Waals surface area contributed by atoms with Gasteiger partial charge in [0.2, 0.25) is 0 Å². The Labute approximate surface area is 163 Å². The fraction of sp³-hybridized carbons (Fsp3) is 0.381. The lowest BCUT2D eigenvalue weighted by Gasteiger charge is -2.25. The minimum Gasteiger partial charge on any atom is -0.478 e. The number of allylic oxidation sites excluding steroid dienone is 1. The van der Waals surface area contributed by atoms with Crippen molar-refractivity contribution in [3.8, 4) is 0 Å². The molecule has 1 aliphatic rings. The summed E-state index contributed by atoms with van der Waals surface area (Å²) in [6, 6.07) is 8.14. The number of fused-ring (bicyclic) bond motifs is 1. The minimum absolute atomic E-state index is 0.132. The molecule has 0 spiro atoms. The van der Waals surface area contributed by atoms with Gasteiger partial charge in [-0.2, -0.15) is 0 Å². The van der Waals surface area contributed by atoms with E-state index in [1.807, 2.05) is 38.3 Å². The van der Waals surface area contributed by atoms with Crippen molar-refractivity contribution in [1.82, 2.24) is 9.97 Å². The molecule has 1 aromatic carbocycles. The summed E-state index contributed by atoms with van der Waals surface area (Å²) in [4.78, 5) is 20.5. The lowest BCUT2D eigenvalue weighted by molar-refractivity contribution is 0.0693. The maximum atomic E-state index is 11.8. The number of carbonyl (C=O) groups is 1. The lowest BCUT2D eigenvalue weighted by Crippen LogP contribution is -2.16. The van der Waals surface area contributed by atoms with Gasteiger partial charge in [0.25, 0.3) is 0 Å². The second-order valence-corrected chi connectivity index (χ2v) is 7.61. The number of aromatic carboxylic acids is 1. The highest BCUT2D eigenvalue weighted by Gasteiger charge is 2.25. The number of ether oxygens (including phenoxy) is 1. The van der Waals surface area contributed by atoms with Gasteiger partial charge in [-0.05, 0) is 50.0 Å². The highest BCUT2D eigenvalue weighted by molar-refractivity contribution is 7.98. The molecule has 1 aliphatic carbocycles. The number of rotatable bonds is 7. The Morgan fingerprint density at radius 3 is 2.85 bits per heavy atom. The molecule has 0 fully saturated rings. The topological polar surface area (TPSA) is 72.3 Å². The highest BCUT2D eigenvalue weighted by atomic mass is 32.2. The standard InChI is InChI=1S/C21H24N2O3S/c1-13(2)26-9-8-14-10-15-6-4-5-7-16(15)17(11-14)19-18(20(24)25)12-22-21(23-19)27-3/h4-7,11-14H,8-10H2,1-3H3,(H,24,25). The van der Waals surface area contributed by atoms with Gasteiger partial charge in [-0.15, -0.1) is 0 Å². The van der Waals surface area contributed by atoms with Gasteiger partial charge in [-0.1, -0.05) is 42.1 Å². The Hall–Kier alpha value is -2.18. The summed E-state index contributed by atoms with van der Waals surface area (Å²) in [7, 11) is 0. The van der Waals surface area contributed by atoms with Gasteiger partial charge in [-0.25, -0.2) is 14.8 Å². The second kappa shape index (κ2) is 8.67. The molecular formula is C21H24N2O3S. The van der Waals surface area contributed by atoms with E-state index in [4.69, 9.17) is 4.74 Å². The summed E-state index contributed by atoms with van der Waals surface area (Å²) in [5.41, 5.74) is 3.76. The molecule has 0 saturated carbocycles. The summed E-state index contributed by atoms with van der Waals surface area (Å²) in [6.45, 7) is 4.74. The van der Waals surface area contributed by atoms with Crippen LogP contribution in [0.25, 0.3) is 5.57 Å². The number of nitrogens with zero attached hydrogens (tertiary/aromatic N) is 2. The fourth-order valence-electron chi connectivity index (χ4n) is 3.30. The number of thioether (sulfide) groups is 1. The number of aromatic nitrogens is 2. The largest absolute Gasteiger partial charge is 0.478 e. The van der Waals surface area contributed by atoms with Crippen molar-refractivity contribution < 1.29 is 14.6 Å². The third-order valence-electron chi connectivity index (χ3n) is 4.57. The van der Waals surface area contributed by atoms with Gasteiger partial charge >= 0.3 is 5.97 Å². The molecule has 142 valence electrons. The predicted molar refractivity (Wildman–Crippen MR) is 107 cm³/mol. The predicted octanol–water partition coefficient (Wildman–Crippen LogP) is 4.32. The van der Waals surface area contributed by atoms with E-state index in [1.165, 1.54) is 23.5 Å². The molecule has 6 heteroatoms. The molecule has 1 unspecified atom stereocenters. The minimum atomic E-state index is -1.01. The van der Waals surface area contributed by atoms with Gasteiger partial charge in [0.05, 0.1) is 11.8 Å². The first-order valence-corrected chi connectivity index (χ1v) is 10.3. The molecule has 0 bridgehead atoms. The molecule has 0 aliphatic heterocycles. The van der Waals surface area contributed by atoms with Crippen LogP contribution >= 0.6 is 11.8 Å². The zero-order valence-corrected chi connectivity index (χ0v) is 16.6. The Bertz CT molecular complexity index is 864. The zero-order chi connectivity index (χ0) is 19.4. The molecule has 0 saturated heterocycles. The van der Waals surface area contributed by atoms with Crippen LogP contribution in [0, 0.1) is 5.92 Å². The number of hydrogen-bond acceptors (Lipinski definition) is 5. The molecule has 1 aromatic heterocycles. The molecule has 5 nitrogen and oxygen atoms in total. The van der Waals surface area contributed by atoms with Crippen molar-refractivity contribution in [3.05, 3.63) is 58.9 Å². The van der Waals surface area contributed by atoms with Crippen LogP contribution in [0.4, 0.5) is 0 Å². The number of hydrogen-bond donors (Lipinski definition) is 1. The van der Waals surface area contributed by atoms with E-state index in [9.17, 15) is 9.90 Å². The molecule has 1 N–H and O–H groups in total. The van der Waals surface area contributed by atoms with Crippen LogP contribution in [-0.4, -0.2) is 40.0 Å². The number of carboxylic acids is 1. The average molecular weight is 385 g/mol. The second-order valence-electron chi connectivity index (χ2n) is 6.83. The van der Waals surface area contributed by atoms with E-state index in [1.54, 1.807) is 0 Å². The quantitative estimate of drug-likeness (QED) is 0.566. The molecule has 0 radical (unpaired) electrons. The van der Waals surface area contributed by atoms with Crippen molar-refractivity contribution in [2.24, 2.45) is 5.92 Å². The molecule has 1 atom stereocenters. The van der Waals surface area contributed by atoms with Gasteiger partial charge in [-0.3, -0.25) is 0 Å². The first kappa shape index (κ1) is 19.6. The van der Waals surface area contributed by atoms with Crippen LogP contribution in [0.3, 0.4) is 0 Å². The summed E-state index contributed by atoms with van der Waals surface area (Å²) in [6.07, 6.45) is 7.46. The van der Waals surface area contributed by atoms with Gasteiger partial charge in [0, 0.05) is 18.4 Å². The SMILES string of the molecule is CSc1ncc(C(=O)O)c(C2=CC(CCOC(C)C)Cc3ccccc32)n1. The first-order valence-electron chi connectivity index (χ1n) is 9.06. The summed E-state index contributed by atoms with van der Waals surface area (Å²) in [5, 5.41) is 10.2. The summed E-state index contributed by atoms with van der Waals surface area (Å²) in [5.74, 6) is -0.732. The highest BCUT2D eigenvalue weighted by Crippen LogP contribution is 2.36. The Kier molecular flexibility index (Phi) is 6.29. The monoisotopic (exact) mass is 384 g/mol. The molecule has 3 rings (SSSR count). The maximum absolute atomic E-state index is 11.8. The Morgan fingerprint density at radius 1 is 1.37 bits per heavy atom. The van der Waals surface area contributed by atoms with Crippen LogP contribution in [0.15, 0.2) is 41.7 Å². The van der Waals surface area contributed by atoms with Crippen molar-refractivity contribution in [2.45, 2.75) is 37.9 Å². The molecule has 2 aromatic rings. The maximum Gasteiger partial charge on any atom is 0.339 e. The van der Waals surface area contributed by atoms with Crippen LogP contribution < -0.4 is 0 Å². The first-order chi connectivity index (χ1) is 13.0. The van der Waals surface area contributed by atoms with Crippen molar-refractivity contribution in [1.29, 1.82) is 0 Å². The number of carboxylic acid groups (broad SMARTS) is 1.